The first kappa shape index (κ1) is 19.8. The van der Waals surface area contributed by atoms with Gasteiger partial charge in [0.15, 0.2) is 10.6 Å². The van der Waals surface area contributed by atoms with Gasteiger partial charge in [-0.1, -0.05) is 23.5 Å². The number of nitro groups is 1. The summed E-state index contributed by atoms with van der Waals surface area (Å²) in [5, 5.41) is 10.9. The maximum Gasteiger partial charge on any atom is 0.274 e. The lowest BCUT2D eigenvalue weighted by Crippen LogP contribution is -2.33. The van der Waals surface area contributed by atoms with Gasteiger partial charge in [0.05, 0.1) is 27.5 Å². The number of benzene rings is 2. The van der Waals surface area contributed by atoms with Crippen LogP contribution in [0, 0.1) is 15.9 Å². The van der Waals surface area contributed by atoms with Crippen LogP contribution in [-0.4, -0.2) is 9.49 Å². The van der Waals surface area contributed by atoms with Gasteiger partial charge in [-0.2, -0.15) is 0 Å². The monoisotopic (exact) mass is 447 g/mol. The van der Waals surface area contributed by atoms with Crippen molar-refractivity contribution in [1.82, 2.24) is 4.57 Å². The Kier molecular flexibility index (Phi) is 4.87. The second kappa shape index (κ2) is 7.86. The summed E-state index contributed by atoms with van der Waals surface area (Å²) in [4.78, 5) is 28.8. The first-order valence-corrected chi connectivity index (χ1v) is 10.4. The zero-order valence-electron chi connectivity index (χ0n) is 16.3. The molecule has 1 aliphatic heterocycles. The van der Waals surface area contributed by atoms with E-state index in [4.69, 9.17) is 9.41 Å². The van der Waals surface area contributed by atoms with Crippen molar-refractivity contribution in [3.8, 4) is 0 Å². The Morgan fingerprint density at radius 2 is 1.88 bits per heavy atom. The standard InChI is InChI=1S/C23H14FN3O4S/c24-16-7-5-15(6-8-16)18-13-19(20-2-1-11-31-20)26-22(28)21(32-23(26)25-18)12-14-3-9-17(10-4-14)27(29)30/h1-13,18H/b21-12+. The van der Waals surface area contributed by atoms with E-state index in [9.17, 15) is 19.3 Å². The van der Waals surface area contributed by atoms with E-state index in [2.05, 4.69) is 0 Å². The number of hydrogen-bond acceptors (Lipinski definition) is 6. The SMILES string of the molecule is O=c1/c(=C\c2ccc([N+](=O)[O-])cc2)sc2n1C(c1ccco1)=CC(c1ccc(F)cc1)N=2. The Morgan fingerprint density at radius 3 is 2.53 bits per heavy atom. The minimum atomic E-state index is -0.475. The van der Waals surface area contributed by atoms with Crippen molar-refractivity contribution in [3.63, 3.8) is 0 Å². The largest absolute Gasteiger partial charge is 0.463 e. The molecule has 2 aromatic carbocycles. The van der Waals surface area contributed by atoms with Crippen LogP contribution < -0.4 is 14.9 Å². The molecule has 0 N–H and O–H groups in total. The minimum absolute atomic E-state index is 0.0236. The highest BCUT2D eigenvalue weighted by Gasteiger charge is 2.22. The molecule has 0 amide bonds. The Bertz CT molecular complexity index is 1520. The molecule has 1 aliphatic rings. The highest BCUT2D eigenvalue weighted by atomic mass is 32.1. The molecule has 0 saturated heterocycles. The molecule has 0 radical (unpaired) electrons. The quantitative estimate of drug-likeness (QED) is 0.353. The van der Waals surface area contributed by atoms with Crippen molar-refractivity contribution in [1.29, 1.82) is 0 Å². The highest BCUT2D eigenvalue weighted by Crippen LogP contribution is 2.27. The number of furan rings is 1. The van der Waals surface area contributed by atoms with Crippen LogP contribution in [-0.2, 0) is 0 Å². The Hall–Kier alpha value is -4.11. The lowest BCUT2D eigenvalue weighted by molar-refractivity contribution is -0.384. The van der Waals surface area contributed by atoms with Gasteiger partial charge in [-0.25, -0.2) is 13.9 Å². The third kappa shape index (κ3) is 3.58. The summed E-state index contributed by atoms with van der Waals surface area (Å²) in [5.41, 5.74) is 1.70. The van der Waals surface area contributed by atoms with Crippen LogP contribution >= 0.6 is 11.3 Å². The zero-order valence-corrected chi connectivity index (χ0v) is 17.2. The van der Waals surface area contributed by atoms with Crippen molar-refractivity contribution in [2.75, 3.05) is 0 Å². The molecule has 0 saturated carbocycles. The summed E-state index contributed by atoms with van der Waals surface area (Å²) in [6.07, 6.45) is 5.00. The number of hydrogen-bond donors (Lipinski definition) is 0. The molecule has 9 heteroatoms. The van der Waals surface area contributed by atoms with E-state index < -0.39 is 11.0 Å². The molecule has 7 nitrogen and oxygen atoms in total. The molecule has 158 valence electrons. The normalized spacial score (nSPS) is 15.7. The van der Waals surface area contributed by atoms with Crippen molar-refractivity contribution in [2.24, 2.45) is 4.99 Å². The molecule has 1 atom stereocenters. The molecule has 4 aromatic rings. The summed E-state index contributed by atoms with van der Waals surface area (Å²) in [5.74, 6) is 0.169. The van der Waals surface area contributed by atoms with Crippen molar-refractivity contribution < 1.29 is 13.7 Å². The van der Waals surface area contributed by atoms with E-state index >= 15 is 0 Å². The molecule has 3 heterocycles. The van der Waals surface area contributed by atoms with E-state index in [1.165, 1.54) is 46.4 Å². The lowest BCUT2D eigenvalue weighted by Gasteiger charge is -2.16. The molecular formula is C23H14FN3O4S. The van der Waals surface area contributed by atoms with Gasteiger partial charge in [-0.05, 0) is 59.7 Å². The Morgan fingerprint density at radius 1 is 1.12 bits per heavy atom. The van der Waals surface area contributed by atoms with E-state index in [0.717, 1.165) is 5.56 Å². The third-order valence-corrected chi connectivity index (χ3v) is 5.98. The van der Waals surface area contributed by atoms with Gasteiger partial charge < -0.3 is 4.42 Å². The van der Waals surface area contributed by atoms with Crippen LogP contribution in [0.25, 0.3) is 11.8 Å². The summed E-state index contributed by atoms with van der Waals surface area (Å²) in [6.45, 7) is 0. The van der Waals surface area contributed by atoms with E-state index in [-0.39, 0.29) is 17.1 Å². The Balaban J connectivity index is 1.67. The average molecular weight is 447 g/mol. The predicted molar refractivity (Wildman–Crippen MR) is 117 cm³/mol. The van der Waals surface area contributed by atoms with Gasteiger partial charge in [-0.15, -0.1) is 0 Å². The zero-order chi connectivity index (χ0) is 22.2. The van der Waals surface area contributed by atoms with E-state index in [0.29, 0.717) is 26.4 Å². The molecular weight excluding hydrogens is 433 g/mol. The van der Waals surface area contributed by atoms with Crippen molar-refractivity contribution >= 4 is 28.8 Å². The molecule has 5 rings (SSSR count). The predicted octanol–water partition coefficient (Wildman–Crippen LogP) is 3.64. The summed E-state index contributed by atoms with van der Waals surface area (Å²) >= 11 is 1.21. The number of halogens is 1. The number of thiazole rings is 1. The molecule has 0 spiro atoms. The van der Waals surface area contributed by atoms with Gasteiger partial charge in [0.25, 0.3) is 11.2 Å². The van der Waals surface area contributed by atoms with Gasteiger partial charge in [0.1, 0.15) is 5.82 Å². The van der Waals surface area contributed by atoms with Crippen molar-refractivity contribution in [2.45, 2.75) is 6.04 Å². The molecule has 1 unspecified atom stereocenters. The van der Waals surface area contributed by atoms with Crippen LogP contribution in [0.1, 0.15) is 22.9 Å². The number of nitrogens with zero attached hydrogens (tertiary/aromatic N) is 3. The number of fused-ring (bicyclic) bond motifs is 1. The fourth-order valence-corrected chi connectivity index (χ4v) is 4.45. The molecule has 2 aromatic heterocycles. The number of rotatable bonds is 4. The van der Waals surface area contributed by atoms with Gasteiger partial charge in [-0.3, -0.25) is 14.9 Å². The first-order valence-electron chi connectivity index (χ1n) is 9.57. The topological polar surface area (TPSA) is 90.6 Å². The van der Waals surface area contributed by atoms with Crippen LogP contribution in [0.4, 0.5) is 10.1 Å². The molecule has 0 fully saturated rings. The lowest BCUT2D eigenvalue weighted by atomic mass is 10.0. The summed E-state index contributed by atoms with van der Waals surface area (Å²) < 4.78 is 20.8. The second-order valence-corrected chi connectivity index (χ2v) is 8.05. The smallest absolute Gasteiger partial charge is 0.274 e. The number of non-ortho nitro benzene ring substituents is 1. The van der Waals surface area contributed by atoms with Crippen LogP contribution in [0.15, 0.2) is 87.2 Å². The van der Waals surface area contributed by atoms with E-state index in [1.807, 2.05) is 6.08 Å². The minimum Gasteiger partial charge on any atom is -0.463 e. The number of aromatic nitrogens is 1. The highest BCUT2D eigenvalue weighted by molar-refractivity contribution is 7.07. The fourth-order valence-electron chi connectivity index (χ4n) is 3.44. The molecule has 32 heavy (non-hydrogen) atoms. The third-order valence-electron chi connectivity index (χ3n) is 5.00. The van der Waals surface area contributed by atoms with Crippen LogP contribution in [0.2, 0.25) is 0 Å². The van der Waals surface area contributed by atoms with Crippen LogP contribution in [0.5, 0.6) is 0 Å². The summed E-state index contributed by atoms with van der Waals surface area (Å²) in [7, 11) is 0. The Labute approximate surface area is 183 Å². The average Bonchev–Trinajstić information content (AvgIpc) is 3.43. The van der Waals surface area contributed by atoms with E-state index in [1.54, 1.807) is 42.5 Å². The van der Waals surface area contributed by atoms with Crippen molar-refractivity contribution in [3.05, 3.63) is 126 Å². The maximum absolute atomic E-state index is 13.4. The second-order valence-electron chi connectivity index (χ2n) is 7.04. The fraction of sp³-hybridized carbons (Fsp3) is 0.0435. The maximum atomic E-state index is 13.4. The summed E-state index contributed by atoms with van der Waals surface area (Å²) in [6, 6.07) is 15.1. The first-order chi connectivity index (χ1) is 15.5. The molecule has 0 aliphatic carbocycles. The van der Waals surface area contributed by atoms with Crippen LogP contribution in [0.3, 0.4) is 0 Å². The van der Waals surface area contributed by atoms with Gasteiger partial charge in [0.2, 0.25) is 0 Å². The van der Waals surface area contributed by atoms with Gasteiger partial charge in [0, 0.05) is 12.1 Å². The molecule has 0 bridgehead atoms. The van der Waals surface area contributed by atoms with Gasteiger partial charge >= 0.3 is 0 Å². The number of nitro benzene ring substituents is 1.